The third-order valence-electron chi connectivity index (χ3n) is 2.54. The summed E-state index contributed by atoms with van der Waals surface area (Å²) in [6.07, 6.45) is 1.69. The van der Waals surface area contributed by atoms with Gasteiger partial charge in [-0.25, -0.2) is 0 Å². The van der Waals surface area contributed by atoms with E-state index in [2.05, 4.69) is 36.6 Å². The van der Waals surface area contributed by atoms with Crippen molar-refractivity contribution < 1.29 is 5.11 Å². The third kappa shape index (κ3) is 4.30. The molecule has 2 unspecified atom stereocenters. The van der Waals surface area contributed by atoms with Crippen molar-refractivity contribution in [1.82, 2.24) is 0 Å². The summed E-state index contributed by atoms with van der Waals surface area (Å²) in [4.78, 5) is 0. The van der Waals surface area contributed by atoms with Crippen molar-refractivity contribution in [2.45, 2.75) is 37.5 Å². The average molecular weight is 234 g/mol. The van der Waals surface area contributed by atoms with Crippen molar-refractivity contribution in [3.05, 3.63) is 35.9 Å². The topological polar surface area (TPSA) is 20.2 Å². The van der Waals surface area contributed by atoms with Gasteiger partial charge in [-0.05, 0) is 25.8 Å². The maximum absolute atomic E-state index is 9.84. The second kappa shape index (κ2) is 5.98. The van der Waals surface area contributed by atoms with E-state index in [-0.39, 0.29) is 5.25 Å². The van der Waals surface area contributed by atoms with Crippen molar-refractivity contribution in [3.8, 4) is 11.8 Å². The van der Waals surface area contributed by atoms with Crippen LogP contribution >= 0.6 is 12.6 Å². The number of thiol groups is 1. The van der Waals surface area contributed by atoms with Gasteiger partial charge in [-0.3, -0.25) is 0 Å². The molecule has 1 nitrogen and oxygen atoms in total. The maximum Gasteiger partial charge on any atom is 0.133 e. The first-order chi connectivity index (χ1) is 7.52. The minimum Gasteiger partial charge on any atom is -0.377 e. The fourth-order valence-electron chi connectivity index (χ4n) is 1.20. The zero-order chi connectivity index (χ0) is 12.0. The molecule has 0 aliphatic rings. The lowest BCUT2D eigenvalue weighted by Gasteiger charge is -2.19. The molecule has 0 saturated heterocycles. The monoisotopic (exact) mass is 234 g/mol. The van der Waals surface area contributed by atoms with Gasteiger partial charge in [0.25, 0.3) is 0 Å². The molecule has 0 saturated carbocycles. The standard InChI is InChI=1S/C14H18OS/c1-12(16)14(2,15)11-7-6-10-13-8-4-3-5-9-13/h3-5,8-9,12,15-16H,6,10H2,1-2H3. The number of hydrogen-bond donors (Lipinski definition) is 2. The Kier molecular flexibility index (Phi) is 4.92. The van der Waals surface area contributed by atoms with Crippen LogP contribution in [0.25, 0.3) is 0 Å². The van der Waals surface area contributed by atoms with Gasteiger partial charge in [-0.1, -0.05) is 42.2 Å². The smallest absolute Gasteiger partial charge is 0.133 e. The van der Waals surface area contributed by atoms with Crippen molar-refractivity contribution in [2.24, 2.45) is 0 Å². The molecular formula is C14H18OS. The van der Waals surface area contributed by atoms with E-state index in [4.69, 9.17) is 0 Å². The molecule has 0 heterocycles. The Morgan fingerprint density at radius 1 is 1.38 bits per heavy atom. The van der Waals surface area contributed by atoms with Crippen LogP contribution in [0.5, 0.6) is 0 Å². The second-order valence-corrected chi connectivity index (χ2v) is 4.89. The highest BCUT2D eigenvalue weighted by Gasteiger charge is 2.22. The molecule has 0 aromatic heterocycles. The first-order valence-electron chi connectivity index (χ1n) is 5.47. The summed E-state index contributed by atoms with van der Waals surface area (Å²) < 4.78 is 0. The van der Waals surface area contributed by atoms with Crippen molar-refractivity contribution in [3.63, 3.8) is 0 Å². The van der Waals surface area contributed by atoms with Crippen LogP contribution in [0.2, 0.25) is 0 Å². The summed E-state index contributed by atoms with van der Waals surface area (Å²) in [6.45, 7) is 3.54. The van der Waals surface area contributed by atoms with E-state index < -0.39 is 5.60 Å². The van der Waals surface area contributed by atoms with E-state index >= 15 is 0 Å². The number of aryl methyl sites for hydroxylation is 1. The van der Waals surface area contributed by atoms with Crippen molar-refractivity contribution in [2.75, 3.05) is 0 Å². The van der Waals surface area contributed by atoms with Crippen LogP contribution in [0.4, 0.5) is 0 Å². The van der Waals surface area contributed by atoms with Gasteiger partial charge < -0.3 is 5.11 Å². The Morgan fingerprint density at radius 3 is 2.56 bits per heavy atom. The van der Waals surface area contributed by atoms with Gasteiger partial charge in [-0.2, -0.15) is 12.6 Å². The molecule has 0 bridgehead atoms. The Balaban J connectivity index is 2.45. The first-order valence-corrected chi connectivity index (χ1v) is 5.98. The highest BCUT2D eigenvalue weighted by molar-refractivity contribution is 7.81. The molecule has 1 aromatic carbocycles. The Morgan fingerprint density at radius 2 is 2.00 bits per heavy atom. The van der Waals surface area contributed by atoms with Crippen LogP contribution in [0.1, 0.15) is 25.8 Å². The van der Waals surface area contributed by atoms with E-state index in [0.29, 0.717) is 0 Å². The van der Waals surface area contributed by atoms with Crippen LogP contribution in [0.3, 0.4) is 0 Å². The SMILES string of the molecule is CC(S)C(C)(O)C#CCCc1ccccc1. The van der Waals surface area contributed by atoms with Gasteiger partial charge in [0.2, 0.25) is 0 Å². The molecule has 1 N–H and O–H groups in total. The van der Waals surface area contributed by atoms with Crippen molar-refractivity contribution >= 4 is 12.6 Å². The molecular weight excluding hydrogens is 216 g/mol. The molecule has 1 rings (SSSR count). The maximum atomic E-state index is 9.84. The fraction of sp³-hybridized carbons (Fsp3) is 0.429. The number of hydrogen-bond acceptors (Lipinski definition) is 2. The van der Waals surface area contributed by atoms with Gasteiger partial charge >= 0.3 is 0 Å². The molecule has 0 radical (unpaired) electrons. The summed E-state index contributed by atoms with van der Waals surface area (Å²) in [5, 5.41) is 9.70. The summed E-state index contributed by atoms with van der Waals surface area (Å²) >= 11 is 4.20. The lowest BCUT2D eigenvalue weighted by Crippen LogP contribution is -2.31. The number of aliphatic hydroxyl groups is 1. The average Bonchev–Trinajstić information content (AvgIpc) is 2.26. The quantitative estimate of drug-likeness (QED) is 0.608. The predicted molar refractivity (Wildman–Crippen MR) is 71.6 cm³/mol. The van der Waals surface area contributed by atoms with E-state index in [9.17, 15) is 5.11 Å². The van der Waals surface area contributed by atoms with Crippen LogP contribution in [0.15, 0.2) is 30.3 Å². The van der Waals surface area contributed by atoms with Gasteiger partial charge in [0, 0.05) is 11.7 Å². The Hall–Kier alpha value is -0.910. The minimum atomic E-state index is -1.00. The largest absolute Gasteiger partial charge is 0.377 e. The lowest BCUT2D eigenvalue weighted by molar-refractivity contribution is 0.124. The Bertz CT molecular complexity index is 371. The molecule has 0 fully saturated rings. The molecule has 2 atom stereocenters. The highest BCUT2D eigenvalue weighted by atomic mass is 32.1. The van der Waals surface area contributed by atoms with Crippen molar-refractivity contribution in [1.29, 1.82) is 0 Å². The summed E-state index contributed by atoms with van der Waals surface area (Å²) in [5.74, 6) is 5.86. The van der Waals surface area contributed by atoms with E-state index in [1.54, 1.807) is 6.92 Å². The molecule has 0 aliphatic carbocycles. The molecule has 0 aliphatic heterocycles. The van der Waals surface area contributed by atoms with E-state index in [1.807, 2.05) is 25.1 Å². The number of benzene rings is 1. The Labute approximate surface area is 103 Å². The van der Waals surface area contributed by atoms with E-state index in [1.165, 1.54) is 5.56 Å². The molecule has 1 aromatic rings. The van der Waals surface area contributed by atoms with Gasteiger partial charge in [0.15, 0.2) is 0 Å². The van der Waals surface area contributed by atoms with Crippen LogP contribution in [0, 0.1) is 11.8 Å². The van der Waals surface area contributed by atoms with Crippen LogP contribution < -0.4 is 0 Å². The summed E-state index contributed by atoms with van der Waals surface area (Å²) in [5.41, 5.74) is 0.273. The van der Waals surface area contributed by atoms with Gasteiger partial charge in [-0.15, -0.1) is 0 Å². The molecule has 2 heteroatoms. The molecule has 86 valence electrons. The van der Waals surface area contributed by atoms with Crippen LogP contribution in [-0.4, -0.2) is 16.0 Å². The summed E-state index contributed by atoms with van der Waals surface area (Å²) in [6, 6.07) is 10.2. The third-order valence-corrected chi connectivity index (χ3v) is 3.04. The molecule has 16 heavy (non-hydrogen) atoms. The minimum absolute atomic E-state index is 0.142. The normalized spacial score (nSPS) is 15.8. The zero-order valence-electron chi connectivity index (χ0n) is 9.77. The highest BCUT2D eigenvalue weighted by Crippen LogP contribution is 2.13. The second-order valence-electron chi connectivity index (χ2n) is 4.11. The number of rotatable bonds is 3. The zero-order valence-corrected chi connectivity index (χ0v) is 10.7. The first kappa shape index (κ1) is 13.2. The summed E-state index contributed by atoms with van der Waals surface area (Å²) in [7, 11) is 0. The van der Waals surface area contributed by atoms with Gasteiger partial charge in [0.1, 0.15) is 5.60 Å². The van der Waals surface area contributed by atoms with E-state index in [0.717, 1.165) is 12.8 Å². The molecule has 0 spiro atoms. The van der Waals surface area contributed by atoms with Crippen LogP contribution in [-0.2, 0) is 6.42 Å². The molecule has 0 amide bonds. The fourth-order valence-corrected chi connectivity index (χ4v) is 1.26. The predicted octanol–water partition coefficient (Wildman–Crippen LogP) is 2.69. The lowest BCUT2D eigenvalue weighted by atomic mass is 10.0. The van der Waals surface area contributed by atoms with Gasteiger partial charge in [0.05, 0.1) is 0 Å².